The van der Waals surface area contributed by atoms with Crippen LogP contribution in [-0.4, -0.2) is 0 Å². The number of furan rings is 2. The Morgan fingerprint density at radius 1 is 0.327 bits per heavy atom. The van der Waals surface area contributed by atoms with E-state index in [4.69, 9.17) is 8.83 Å². The van der Waals surface area contributed by atoms with Crippen molar-refractivity contribution in [3.05, 3.63) is 200 Å². The molecule has 0 aliphatic carbocycles. The topological polar surface area (TPSA) is 29.5 Å². The molecule has 0 saturated carbocycles. The van der Waals surface area contributed by atoms with Crippen molar-refractivity contribution in [3.8, 4) is 33.4 Å². The van der Waals surface area contributed by atoms with Crippen molar-refractivity contribution >= 4 is 71.7 Å². The molecule has 0 unspecified atom stereocenters. The summed E-state index contributed by atoms with van der Waals surface area (Å²) < 4.78 is 13.3. The Morgan fingerprint density at radius 2 is 0.891 bits per heavy atom. The molecule has 0 radical (unpaired) electrons. The number of fused-ring (bicyclic) bond motifs is 7. The van der Waals surface area contributed by atoms with Crippen LogP contribution in [0.5, 0.6) is 0 Å². The number of hydrogen-bond donors (Lipinski definition) is 0. The zero-order valence-electron chi connectivity index (χ0n) is 29.8. The highest BCUT2D eigenvalue weighted by Gasteiger charge is 2.23. The molecule has 2 aromatic heterocycles. The van der Waals surface area contributed by atoms with Gasteiger partial charge >= 0.3 is 0 Å². The van der Waals surface area contributed by atoms with Gasteiger partial charge in [-0.2, -0.15) is 0 Å². The molecule has 9 aromatic carbocycles. The van der Waals surface area contributed by atoms with Crippen LogP contribution in [0.2, 0.25) is 0 Å². The van der Waals surface area contributed by atoms with Crippen LogP contribution >= 0.6 is 0 Å². The third-order valence-corrected chi connectivity index (χ3v) is 10.9. The van der Waals surface area contributed by atoms with Crippen molar-refractivity contribution < 1.29 is 8.83 Å². The molecule has 0 amide bonds. The van der Waals surface area contributed by atoms with Crippen molar-refractivity contribution in [1.29, 1.82) is 0 Å². The number of para-hydroxylation sites is 4. The summed E-state index contributed by atoms with van der Waals surface area (Å²) in [4.78, 5) is 2.35. The van der Waals surface area contributed by atoms with Crippen molar-refractivity contribution in [2.75, 3.05) is 4.90 Å². The highest BCUT2D eigenvalue weighted by Crippen LogP contribution is 2.47. The molecule has 55 heavy (non-hydrogen) atoms. The summed E-state index contributed by atoms with van der Waals surface area (Å²) in [7, 11) is 0. The fraction of sp³-hybridized carbons (Fsp3) is 0. The maximum Gasteiger partial charge on any atom is 0.145 e. The average Bonchev–Trinajstić information content (AvgIpc) is 3.84. The van der Waals surface area contributed by atoms with E-state index in [1.54, 1.807) is 0 Å². The second kappa shape index (κ2) is 12.6. The summed E-state index contributed by atoms with van der Waals surface area (Å²) >= 11 is 0. The largest absolute Gasteiger partial charge is 0.455 e. The van der Waals surface area contributed by atoms with E-state index in [-0.39, 0.29) is 0 Å². The molecule has 0 atom stereocenters. The summed E-state index contributed by atoms with van der Waals surface area (Å²) in [5.41, 5.74) is 13.4. The lowest BCUT2D eigenvalue weighted by molar-refractivity contribution is 0.670. The highest BCUT2D eigenvalue weighted by atomic mass is 16.3. The molecule has 0 N–H and O–H groups in total. The fourth-order valence-corrected chi connectivity index (χ4v) is 8.32. The monoisotopic (exact) mass is 703 g/mol. The fourth-order valence-electron chi connectivity index (χ4n) is 8.32. The zero-order valence-corrected chi connectivity index (χ0v) is 29.8. The average molecular weight is 704 g/mol. The molecule has 0 saturated heterocycles. The lowest BCUT2D eigenvalue weighted by Gasteiger charge is -2.27. The molecule has 3 heteroatoms. The first kappa shape index (κ1) is 31.2. The molecule has 0 aliphatic rings. The van der Waals surface area contributed by atoms with Gasteiger partial charge in [0.25, 0.3) is 0 Å². The van der Waals surface area contributed by atoms with Crippen LogP contribution in [0, 0.1) is 0 Å². The van der Waals surface area contributed by atoms with E-state index in [0.29, 0.717) is 0 Å². The van der Waals surface area contributed by atoms with Crippen LogP contribution in [0.1, 0.15) is 0 Å². The molecular weight excluding hydrogens is 671 g/mol. The van der Waals surface area contributed by atoms with Gasteiger partial charge in [-0.1, -0.05) is 146 Å². The van der Waals surface area contributed by atoms with Crippen molar-refractivity contribution in [3.63, 3.8) is 0 Å². The SMILES string of the molecule is c1ccc(N(c2ccc(-c3cccc4ccccc34)cc2)c2ccc(-c3cccc(-c4cccc5c4oc4ccccc45)c3)c3oc4ccccc4c23)cc1. The van der Waals surface area contributed by atoms with E-state index in [0.717, 1.165) is 83.2 Å². The van der Waals surface area contributed by atoms with Crippen LogP contribution in [0.4, 0.5) is 17.1 Å². The van der Waals surface area contributed by atoms with E-state index in [2.05, 4.69) is 187 Å². The summed E-state index contributed by atoms with van der Waals surface area (Å²) in [6, 6.07) is 70.8. The number of hydrogen-bond acceptors (Lipinski definition) is 3. The summed E-state index contributed by atoms with van der Waals surface area (Å²) in [5.74, 6) is 0. The van der Waals surface area contributed by atoms with Gasteiger partial charge in [0.15, 0.2) is 0 Å². The van der Waals surface area contributed by atoms with Crippen molar-refractivity contribution in [1.82, 2.24) is 0 Å². The Morgan fingerprint density at radius 3 is 1.71 bits per heavy atom. The minimum Gasteiger partial charge on any atom is -0.455 e. The lowest BCUT2D eigenvalue weighted by Crippen LogP contribution is -2.10. The van der Waals surface area contributed by atoms with E-state index in [1.807, 2.05) is 18.2 Å². The van der Waals surface area contributed by atoms with Crippen LogP contribution in [-0.2, 0) is 0 Å². The Bertz CT molecular complexity index is 3200. The molecule has 3 nitrogen and oxygen atoms in total. The van der Waals surface area contributed by atoms with Gasteiger partial charge in [-0.3, -0.25) is 0 Å². The van der Waals surface area contributed by atoms with Gasteiger partial charge in [0, 0.05) is 38.7 Å². The van der Waals surface area contributed by atoms with Gasteiger partial charge in [-0.25, -0.2) is 0 Å². The van der Waals surface area contributed by atoms with E-state index >= 15 is 0 Å². The van der Waals surface area contributed by atoms with Crippen molar-refractivity contribution in [2.45, 2.75) is 0 Å². The van der Waals surface area contributed by atoms with Crippen LogP contribution in [0.3, 0.4) is 0 Å². The van der Waals surface area contributed by atoms with Gasteiger partial charge in [0.1, 0.15) is 22.3 Å². The summed E-state index contributed by atoms with van der Waals surface area (Å²) in [5, 5.41) is 6.88. The van der Waals surface area contributed by atoms with Gasteiger partial charge in [-0.05, 0) is 87.6 Å². The summed E-state index contributed by atoms with van der Waals surface area (Å²) in [6.45, 7) is 0. The minimum absolute atomic E-state index is 0.853. The molecule has 0 bridgehead atoms. The Hall–Kier alpha value is -7.36. The van der Waals surface area contributed by atoms with Crippen LogP contribution in [0.15, 0.2) is 209 Å². The molecule has 11 aromatic rings. The predicted molar refractivity (Wildman–Crippen MR) is 229 cm³/mol. The Kier molecular flexibility index (Phi) is 7.17. The molecule has 0 fully saturated rings. The van der Waals surface area contributed by atoms with Gasteiger partial charge < -0.3 is 13.7 Å². The Balaban J connectivity index is 1.08. The first-order valence-corrected chi connectivity index (χ1v) is 18.7. The lowest BCUT2D eigenvalue weighted by atomic mass is 9.95. The highest BCUT2D eigenvalue weighted by molar-refractivity contribution is 6.17. The predicted octanol–water partition coefficient (Wildman–Crippen LogP) is 15.1. The number of benzene rings is 9. The molecule has 0 spiro atoms. The smallest absolute Gasteiger partial charge is 0.145 e. The maximum atomic E-state index is 6.83. The van der Waals surface area contributed by atoms with E-state index in [9.17, 15) is 0 Å². The third-order valence-electron chi connectivity index (χ3n) is 10.9. The minimum atomic E-state index is 0.853. The summed E-state index contributed by atoms with van der Waals surface area (Å²) in [6.07, 6.45) is 0. The molecule has 258 valence electrons. The third kappa shape index (κ3) is 5.13. The zero-order chi connectivity index (χ0) is 36.3. The molecular formula is C52H33NO2. The number of rotatable bonds is 6. The van der Waals surface area contributed by atoms with Crippen LogP contribution < -0.4 is 4.90 Å². The number of nitrogens with zero attached hydrogens (tertiary/aromatic N) is 1. The van der Waals surface area contributed by atoms with Crippen molar-refractivity contribution in [2.24, 2.45) is 0 Å². The first-order chi connectivity index (χ1) is 27.3. The van der Waals surface area contributed by atoms with E-state index < -0.39 is 0 Å². The van der Waals surface area contributed by atoms with Gasteiger partial charge in [0.2, 0.25) is 0 Å². The number of anilines is 3. The van der Waals surface area contributed by atoms with Gasteiger partial charge in [0.05, 0.1) is 11.1 Å². The second-order valence-corrected chi connectivity index (χ2v) is 14.0. The molecule has 0 aliphatic heterocycles. The first-order valence-electron chi connectivity index (χ1n) is 18.7. The Labute approximate surface area is 317 Å². The molecule has 11 rings (SSSR count). The maximum absolute atomic E-state index is 6.83. The van der Waals surface area contributed by atoms with Gasteiger partial charge in [-0.15, -0.1) is 0 Å². The second-order valence-electron chi connectivity index (χ2n) is 14.0. The standard InChI is InChI=1S/C52H33NO2/c1-2-17-38(18-3-1)53(39-29-27-35(28-30-39)41-22-11-14-34-13-4-5-19-40(34)41)47-32-31-43(52-50(47)46-21-7-9-26-49(46)55-52)37-16-10-15-36(33-37)42-23-12-24-45-44-20-6-8-25-48(44)54-51(42)45/h1-33H. The molecule has 2 heterocycles. The normalized spacial score (nSPS) is 11.6. The van der Waals surface area contributed by atoms with Crippen LogP contribution in [0.25, 0.3) is 88.0 Å². The van der Waals surface area contributed by atoms with E-state index in [1.165, 1.54) is 21.9 Å². The quantitative estimate of drug-likeness (QED) is 0.173.